The number of halogens is 4. The Labute approximate surface area is 188 Å². The molecule has 1 aromatic carbocycles. The Morgan fingerprint density at radius 3 is 2.61 bits per heavy atom. The van der Waals surface area contributed by atoms with E-state index in [4.69, 9.17) is 4.74 Å². The van der Waals surface area contributed by atoms with Crippen LogP contribution in [0.4, 0.5) is 17.6 Å². The number of fused-ring (bicyclic) bond motifs is 1. The average Bonchev–Trinajstić information content (AvgIpc) is 3.55. The van der Waals surface area contributed by atoms with Gasteiger partial charge in [0.2, 0.25) is 11.8 Å². The van der Waals surface area contributed by atoms with Gasteiger partial charge in [-0.3, -0.25) is 14.7 Å². The molecular weight excluding hydrogens is 440 g/mol. The summed E-state index contributed by atoms with van der Waals surface area (Å²) in [5.41, 5.74) is 0.0102. The Morgan fingerprint density at radius 1 is 1.12 bits per heavy atom. The summed E-state index contributed by atoms with van der Waals surface area (Å²) in [6.45, 7) is 1.83. The van der Waals surface area contributed by atoms with Gasteiger partial charge < -0.3 is 9.64 Å². The Morgan fingerprint density at radius 2 is 1.94 bits per heavy atom. The number of benzene rings is 1. The molecule has 0 spiro atoms. The molecule has 3 heterocycles. The highest BCUT2D eigenvalue weighted by molar-refractivity contribution is 5.82. The SMILES string of the molecule is O=C1[C@@H]2C[C@H](Oc3cnc(C4CC4)cn3)CN2CCCN1Cc1ccc(C(F)(F)F)c(F)c1. The second-order valence-corrected chi connectivity index (χ2v) is 8.97. The van der Waals surface area contributed by atoms with Crippen molar-refractivity contribution in [1.82, 2.24) is 19.8 Å². The summed E-state index contributed by atoms with van der Waals surface area (Å²) in [6.07, 6.45) is 1.92. The van der Waals surface area contributed by atoms with E-state index in [1.165, 1.54) is 6.07 Å². The molecule has 3 aliphatic rings. The number of aromatic nitrogens is 2. The molecule has 2 atom stereocenters. The topological polar surface area (TPSA) is 58.6 Å². The maximum absolute atomic E-state index is 14.0. The minimum Gasteiger partial charge on any atom is -0.472 e. The van der Waals surface area contributed by atoms with Crippen molar-refractivity contribution in [3.63, 3.8) is 0 Å². The summed E-state index contributed by atoms with van der Waals surface area (Å²) >= 11 is 0. The highest BCUT2D eigenvalue weighted by atomic mass is 19.4. The number of carbonyl (C=O) groups excluding carboxylic acids is 1. The lowest BCUT2D eigenvalue weighted by atomic mass is 10.1. The van der Waals surface area contributed by atoms with Crippen LogP contribution in [0.2, 0.25) is 0 Å². The van der Waals surface area contributed by atoms with Gasteiger partial charge in [-0.2, -0.15) is 13.2 Å². The minimum atomic E-state index is -4.75. The van der Waals surface area contributed by atoms with Crippen LogP contribution in [0.15, 0.2) is 30.6 Å². The van der Waals surface area contributed by atoms with Crippen LogP contribution in [0, 0.1) is 5.82 Å². The van der Waals surface area contributed by atoms with Gasteiger partial charge >= 0.3 is 6.18 Å². The third kappa shape index (κ3) is 4.80. The molecule has 2 saturated heterocycles. The van der Waals surface area contributed by atoms with E-state index < -0.39 is 17.6 Å². The van der Waals surface area contributed by atoms with E-state index in [1.807, 2.05) is 0 Å². The first-order valence-corrected chi connectivity index (χ1v) is 11.1. The van der Waals surface area contributed by atoms with Gasteiger partial charge in [0, 0.05) is 38.5 Å². The Bertz CT molecular complexity index is 1030. The molecule has 0 bridgehead atoms. The van der Waals surface area contributed by atoms with Gasteiger partial charge in [-0.1, -0.05) is 6.07 Å². The van der Waals surface area contributed by atoms with Gasteiger partial charge in [-0.25, -0.2) is 9.37 Å². The van der Waals surface area contributed by atoms with E-state index in [0.29, 0.717) is 49.8 Å². The maximum atomic E-state index is 14.0. The van der Waals surface area contributed by atoms with Crippen molar-refractivity contribution in [2.24, 2.45) is 0 Å². The molecule has 1 aromatic heterocycles. The molecule has 2 aromatic rings. The van der Waals surface area contributed by atoms with Gasteiger partial charge in [0.15, 0.2) is 0 Å². The van der Waals surface area contributed by atoms with E-state index in [-0.39, 0.29) is 24.6 Å². The highest BCUT2D eigenvalue weighted by Crippen LogP contribution is 2.38. The number of hydrogen-bond donors (Lipinski definition) is 0. The fourth-order valence-corrected chi connectivity index (χ4v) is 4.65. The molecule has 6 nitrogen and oxygen atoms in total. The van der Waals surface area contributed by atoms with Crippen molar-refractivity contribution in [2.75, 3.05) is 19.6 Å². The molecule has 0 N–H and O–H groups in total. The lowest BCUT2D eigenvalue weighted by molar-refractivity contribution is -0.140. The number of rotatable bonds is 5. The first kappa shape index (κ1) is 22.1. The number of hydrogen-bond acceptors (Lipinski definition) is 5. The molecule has 1 saturated carbocycles. The van der Waals surface area contributed by atoms with Crippen molar-refractivity contribution >= 4 is 5.91 Å². The van der Waals surface area contributed by atoms with E-state index >= 15 is 0 Å². The number of nitrogens with zero attached hydrogens (tertiary/aromatic N) is 4. The molecule has 1 amide bonds. The second-order valence-electron chi connectivity index (χ2n) is 8.97. The first-order valence-electron chi connectivity index (χ1n) is 11.1. The maximum Gasteiger partial charge on any atom is 0.419 e. The van der Waals surface area contributed by atoms with Gasteiger partial charge in [-0.05, 0) is 37.0 Å². The molecule has 0 radical (unpaired) electrons. The zero-order valence-electron chi connectivity index (χ0n) is 17.9. The summed E-state index contributed by atoms with van der Waals surface area (Å²) in [5, 5.41) is 0. The van der Waals surface area contributed by atoms with E-state index in [9.17, 15) is 22.4 Å². The summed E-state index contributed by atoms with van der Waals surface area (Å²) in [6, 6.07) is 2.44. The monoisotopic (exact) mass is 464 g/mol. The Hall–Kier alpha value is -2.75. The van der Waals surface area contributed by atoms with Crippen LogP contribution < -0.4 is 4.74 Å². The third-order valence-corrected chi connectivity index (χ3v) is 6.48. The minimum absolute atomic E-state index is 0.0673. The standard InChI is InChI=1S/C23H24F4N4O2/c24-18-8-14(2-5-17(18)23(25,26)27)12-31-7-1-6-30-13-16(9-20(30)22(31)32)33-21-11-28-19(10-29-21)15-3-4-15/h2,5,8,10-11,15-16,20H,1,3-4,6-7,9,12-13H2/t16-,20-/m0/s1. The molecule has 176 valence electrons. The lowest BCUT2D eigenvalue weighted by Gasteiger charge is -2.25. The van der Waals surface area contributed by atoms with Crippen LogP contribution in [-0.4, -0.2) is 57.5 Å². The molecule has 5 rings (SSSR count). The first-order chi connectivity index (χ1) is 15.8. The predicted octanol–water partition coefficient (Wildman–Crippen LogP) is 3.77. The van der Waals surface area contributed by atoms with E-state index in [0.717, 1.165) is 30.7 Å². The van der Waals surface area contributed by atoms with Gasteiger partial charge in [0.25, 0.3) is 0 Å². The van der Waals surface area contributed by atoms with Crippen LogP contribution >= 0.6 is 0 Å². The third-order valence-electron chi connectivity index (χ3n) is 6.48. The van der Waals surface area contributed by atoms with Crippen molar-refractivity contribution < 1.29 is 27.1 Å². The Balaban J connectivity index is 1.23. The smallest absolute Gasteiger partial charge is 0.419 e. The van der Waals surface area contributed by atoms with Crippen LogP contribution in [0.1, 0.15) is 48.4 Å². The second kappa shape index (κ2) is 8.55. The fourth-order valence-electron chi connectivity index (χ4n) is 4.65. The highest BCUT2D eigenvalue weighted by Gasteiger charge is 2.41. The van der Waals surface area contributed by atoms with Gasteiger partial charge in [0.05, 0.1) is 29.7 Å². The zero-order valence-corrected chi connectivity index (χ0v) is 17.9. The molecule has 3 fully saturated rings. The predicted molar refractivity (Wildman–Crippen MR) is 110 cm³/mol. The fraction of sp³-hybridized carbons (Fsp3) is 0.522. The van der Waals surface area contributed by atoms with Crippen LogP contribution in [0.25, 0.3) is 0 Å². The summed E-state index contributed by atoms with van der Waals surface area (Å²) in [5.74, 6) is -0.495. The Kier molecular flexibility index (Phi) is 5.72. The van der Waals surface area contributed by atoms with Crippen LogP contribution in [0.3, 0.4) is 0 Å². The summed E-state index contributed by atoms with van der Waals surface area (Å²) in [4.78, 5) is 25.6. The van der Waals surface area contributed by atoms with Crippen molar-refractivity contribution in [3.8, 4) is 5.88 Å². The molecule has 2 aliphatic heterocycles. The number of amides is 1. The molecular formula is C23H24F4N4O2. The average molecular weight is 464 g/mol. The quantitative estimate of drug-likeness (QED) is 0.631. The number of carbonyl (C=O) groups is 1. The van der Waals surface area contributed by atoms with Crippen LogP contribution in [-0.2, 0) is 17.5 Å². The largest absolute Gasteiger partial charge is 0.472 e. The van der Waals surface area contributed by atoms with Crippen molar-refractivity contribution in [1.29, 1.82) is 0 Å². The lowest BCUT2D eigenvalue weighted by Crippen LogP contribution is -2.42. The normalized spacial score (nSPS) is 24.0. The molecule has 0 unspecified atom stereocenters. The molecule has 10 heteroatoms. The molecule has 1 aliphatic carbocycles. The number of alkyl halides is 3. The number of ether oxygens (including phenoxy) is 1. The zero-order chi connectivity index (χ0) is 23.2. The van der Waals surface area contributed by atoms with Gasteiger partial charge in [0.1, 0.15) is 11.9 Å². The molecule has 33 heavy (non-hydrogen) atoms. The summed E-state index contributed by atoms with van der Waals surface area (Å²) in [7, 11) is 0. The van der Waals surface area contributed by atoms with E-state index in [1.54, 1.807) is 17.3 Å². The van der Waals surface area contributed by atoms with Crippen molar-refractivity contribution in [3.05, 3.63) is 53.2 Å². The van der Waals surface area contributed by atoms with Crippen molar-refractivity contribution in [2.45, 2.75) is 56.5 Å². The van der Waals surface area contributed by atoms with Gasteiger partial charge in [-0.15, -0.1) is 0 Å². The van der Waals surface area contributed by atoms with E-state index in [2.05, 4.69) is 14.9 Å². The summed E-state index contributed by atoms with van der Waals surface area (Å²) < 4.78 is 58.4. The van der Waals surface area contributed by atoms with Crippen LogP contribution in [0.5, 0.6) is 5.88 Å².